The maximum atomic E-state index is 12.0. The van der Waals surface area contributed by atoms with E-state index in [0.29, 0.717) is 0 Å². The number of hydrogen-bond acceptors (Lipinski definition) is 2. The molecule has 0 aliphatic heterocycles. The van der Waals surface area contributed by atoms with Gasteiger partial charge < -0.3 is 10.8 Å². The highest BCUT2D eigenvalue weighted by atomic mass is 19.3. The number of carboxylic acids is 1. The number of carbonyl (C=O) groups is 1. The van der Waals surface area contributed by atoms with Crippen molar-refractivity contribution in [2.75, 3.05) is 0 Å². The van der Waals surface area contributed by atoms with Crippen LogP contribution < -0.4 is 5.73 Å². The Balaban J connectivity index is 0.000000310. The SMILES string of the molecule is CC(=O)O.N=C(N)C1CC(F)(F)C1. The molecule has 0 bridgehead atoms. The van der Waals surface area contributed by atoms with E-state index in [2.05, 4.69) is 0 Å². The second-order valence-corrected chi connectivity index (χ2v) is 2.94. The van der Waals surface area contributed by atoms with Gasteiger partial charge in [0.25, 0.3) is 5.97 Å². The number of alkyl halides is 2. The lowest BCUT2D eigenvalue weighted by Gasteiger charge is -2.33. The number of halogens is 2. The lowest BCUT2D eigenvalue weighted by Crippen LogP contribution is -2.42. The molecule has 1 rings (SSSR count). The van der Waals surface area contributed by atoms with Gasteiger partial charge in [-0.1, -0.05) is 0 Å². The zero-order chi connectivity index (χ0) is 10.6. The van der Waals surface area contributed by atoms with Crippen LogP contribution in [-0.2, 0) is 4.79 Å². The molecule has 0 aromatic rings. The number of aliphatic carboxylic acids is 1. The maximum absolute atomic E-state index is 12.0. The van der Waals surface area contributed by atoms with Gasteiger partial charge in [0.1, 0.15) is 0 Å². The first-order chi connectivity index (χ1) is 5.74. The van der Waals surface area contributed by atoms with Gasteiger partial charge in [-0.2, -0.15) is 0 Å². The molecule has 1 aliphatic carbocycles. The van der Waals surface area contributed by atoms with Crippen molar-refractivity contribution in [2.45, 2.75) is 25.7 Å². The Bertz CT molecular complexity index is 207. The quantitative estimate of drug-likeness (QED) is 0.430. The van der Waals surface area contributed by atoms with Crippen LogP contribution in [0.1, 0.15) is 19.8 Å². The van der Waals surface area contributed by atoms with Crippen molar-refractivity contribution in [3.05, 3.63) is 0 Å². The summed E-state index contributed by atoms with van der Waals surface area (Å²) in [5, 5.41) is 14.2. The summed E-state index contributed by atoms with van der Waals surface area (Å²) in [5.41, 5.74) is 4.97. The lowest BCUT2D eigenvalue weighted by atomic mass is 9.81. The second-order valence-electron chi connectivity index (χ2n) is 2.94. The highest BCUT2D eigenvalue weighted by Gasteiger charge is 2.46. The summed E-state index contributed by atoms with van der Waals surface area (Å²) in [5.74, 6) is -3.85. The minimum atomic E-state index is -2.55. The van der Waals surface area contributed by atoms with Crippen LogP contribution in [0, 0.1) is 11.3 Å². The van der Waals surface area contributed by atoms with Gasteiger partial charge >= 0.3 is 0 Å². The van der Waals surface area contributed by atoms with E-state index in [1.54, 1.807) is 0 Å². The summed E-state index contributed by atoms with van der Waals surface area (Å²) in [4.78, 5) is 9.00. The predicted octanol–water partition coefficient (Wildman–Crippen LogP) is 1.06. The molecule has 1 saturated carbocycles. The molecule has 4 nitrogen and oxygen atoms in total. The van der Waals surface area contributed by atoms with Crippen LogP contribution in [-0.4, -0.2) is 22.8 Å². The van der Waals surface area contributed by atoms with E-state index >= 15 is 0 Å². The third kappa shape index (κ3) is 5.10. The van der Waals surface area contributed by atoms with E-state index in [0.717, 1.165) is 6.92 Å². The van der Waals surface area contributed by atoms with Crippen LogP contribution >= 0.6 is 0 Å². The third-order valence-corrected chi connectivity index (χ3v) is 1.53. The fraction of sp³-hybridized carbons (Fsp3) is 0.714. The largest absolute Gasteiger partial charge is 0.481 e. The summed E-state index contributed by atoms with van der Waals surface area (Å²) >= 11 is 0. The van der Waals surface area contributed by atoms with Crippen LogP contribution in [0.4, 0.5) is 8.78 Å². The molecule has 13 heavy (non-hydrogen) atoms. The Morgan fingerprint density at radius 2 is 1.92 bits per heavy atom. The van der Waals surface area contributed by atoms with Crippen molar-refractivity contribution in [2.24, 2.45) is 11.7 Å². The predicted molar refractivity (Wildman–Crippen MR) is 42.9 cm³/mol. The molecule has 1 aliphatic rings. The number of rotatable bonds is 1. The third-order valence-electron chi connectivity index (χ3n) is 1.53. The fourth-order valence-electron chi connectivity index (χ4n) is 0.881. The summed E-state index contributed by atoms with van der Waals surface area (Å²) in [6.45, 7) is 1.08. The van der Waals surface area contributed by atoms with Crippen LogP contribution in [0.3, 0.4) is 0 Å². The Hall–Kier alpha value is -1.20. The van der Waals surface area contributed by atoms with E-state index in [1.807, 2.05) is 0 Å². The number of nitrogens with one attached hydrogen (secondary N) is 1. The van der Waals surface area contributed by atoms with E-state index in [4.69, 9.17) is 21.0 Å². The van der Waals surface area contributed by atoms with Crippen molar-refractivity contribution in [3.63, 3.8) is 0 Å². The number of amidine groups is 1. The molecule has 1 fully saturated rings. The van der Waals surface area contributed by atoms with Gasteiger partial charge in [-0.3, -0.25) is 10.2 Å². The first-order valence-corrected chi connectivity index (χ1v) is 3.66. The molecule has 0 aromatic carbocycles. The van der Waals surface area contributed by atoms with E-state index in [-0.39, 0.29) is 24.6 Å². The molecule has 4 N–H and O–H groups in total. The Kier molecular flexibility index (Phi) is 3.77. The van der Waals surface area contributed by atoms with Crippen molar-refractivity contribution in [1.82, 2.24) is 0 Å². The van der Waals surface area contributed by atoms with Crippen LogP contribution in [0.2, 0.25) is 0 Å². The highest BCUT2D eigenvalue weighted by Crippen LogP contribution is 2.41. The zero-order valence-corrected chi connectivity index (χ0v) is 7.18. The van der Waals surface area contributed by atoms with Crippen molar-refractivity contribution in [3.8, 4) is 0 Å². The number of nitrogens with two attached hydrogens (primary N) is 1. The Labute approximate surface area is 74.2 Å². The zero-order valence-electron chi connectivity index (χ0n) is 7.18. The highest BCUT2D eigenvalue weighted by molar-refractivity contribution is 5.80. The van der Waals surface area contributed by atoms with Crippen molar-refractivity contribution >= 4 is 11.8 Å². The standard InChI is InChI=1S/C5H8F2N2.C2H4O2/c6-5(7)1-3(2-5)4(8)9;1-2(3)4/h3H,1-2H2,(H3,8,9);1H3,(H,3,4). The van der Waals surface area contributed by atoms with Crippen molar-refractivity contribution in [1.29, 1.82) is 5.41 Å². The molecule has 0 saturated heterocycles. The van der Waals surface area contributed by atoms with Gasteiger partial charge in [0, 0.05) is 25.7 Å². The van der Waals surface area contributed by atoms with E-state index < -0.39 is 11.9 Å². The van der Waals surface area contributed by atoms with Crippen molar-refractivity contribution < 1.29 is 18.7 Å². The average Bonchev–Trinajstić information content (AvgIpc) is 1.80. The van der Waals surface area contributed by atoms with Crippen LogP contribution in [0.5, 0.6) is 0 Å². The second kappa shape index (κ2) is 4.15. The fourth-order valence-corrected chi connectivity index (χ4v) is 0.881. The van der Waals surface area contributed by atoms with Gasteiger partial charge in [0.2, 0.25) is 5.92 Å². The average molecular weight is 194 g/mol. The molecule has 0 aromatic heterocycles. The number of hydrogen-bond donors (Lipinski definition) is 3. The molecule has 0 radical (unpaired) electrons. The van der Waals surface area contributed by atoms with Gasteiger partial charge in [0.05, 0.1) is 5.84 Å². The lowest BCUT2D eigenvalue weighted by molar-refractivity contribution is -0.134. The van der Waals surface area contributed by atoms with Gasteiger partial charge in [0.15, 0.2) is 0 Å². The van der Waals surface area contributed by atoms with Crippen LogP contribution in [0.15, 0.2) is 0 Å². The normalized spacial score (nSPS) is 19.3. The summed E-state index contributed by atoms with van der Waals surface area (Å²) in [7, 11) is 0. The summed E-state index contributed by atoms with van der Waals surface area (Å²) in [6.07, 6.45) is -0.468. The molecular weight excluding hydrogens is 182 g/mol. The first-order valence-electron chi connectivity index (χ1n) is 3.66. The smallest absolute Gasteiger partial charge is 0.300 e. The topological polar surface area (TPSA) is 87.2 Å². The minimum Gasteiger partial charge on any atom is -0.481 e. The van der Waals surface area contributed by atoms with Gasteiger partial charge in [-0.15, -0.1) is 0 Å². The first kappa shape index (κ1) is 11.8. The molecular formula is C7H12F2N2O2. The number of carboxylic acid groups (broad SMARTS) is 1. The molecule has 76 valence electrons. The molecule has 0 unspecified atom stereocenters. The monoisotopic (exact) mass is 194 g/mol. The van der Waals surface area contributed by atoms with Gasteiger partial charge in [-0.05, 0) is 0 Å². The molecule has 0 amide bonds. The van der Waals surface area contributed by atoms with E-state index in [9.17, 15) is 8.78 Å². The summed E-state index contributed by atoms with van der Waals surface area (Å²) in [6, 6.07) is 0. The van der Waals surface area contributed by atoms with E-state index in [1.165, 1.54) is 0 Å². The molecule has 0 heterocycles. The maximum Gasteiger partial charge on any atom is 0.300 e. The Morgan fingerprint density at radius 1 is 1.62 bits per heavy atom. The summed E-state index contributed by atoms with van der Waals surface area (Å²) < 4.78 is 24.0. The van der Waals surface area contributed by atoms with Gasteiger partial charge in [-0.25, -0.2) is 8.78 Å². The molecule has 0 spiro atoms. The molecule has 6 heteroatoms. The molecule has 0 atom stereocenters. The van der Waals surface area contributed by atoms with Crippen LogP contribution in [0.25, 0.3) is 0 Å². The Morgan fingerprint density at radius 3 is 2.00 bits per heavy atom. The minimum absolute atomic E-state index is 0.110.